The van der Waals surface area contributed by atoms with Gasteiger partial charge in [0.2, 0.25) is 0 Å². The van der Waals surface area contributed by atoms with Crippen LogP contribution in [0, 0.1) is 10.1 Å². The Morgan fingerprint density at radius 2 is 2.05 bits per heavy atom. The SMILES string of the molecule is COC(C)(C)CNc1ccc([N+](=O)[O-])c(OC(C)C)c1. The molecule has 0 saturated heterocycles. The summed E-state index contributed by atoms with van der Waals surface area (Å²) >= 11 is 0. The number of methoxy groups -OCH3 is 1. The second kappa shape index (κ2) is 6.56. The maximum atomic E-state index is 11.0. The van der Waals surface area contributed by atoms with Gasteiger partial charge in [-0.25, -0.2) is 0 Å². The Morgan fingerprint density at radius 1 is 1.40 bits per heavy atom. The minimum atomic E-state index is -0.444. The Kier molecular flexibility index (Phi) is 5.33. The summed E-state index contributed by atoms with van der Waals surface area (Å²) in [6.07, 6.45) is -0.126. The average molecular weight is 282 g/mol. The van der Waals surface area contributed by atoms with Crippen LogP contribution in [-0.2, 0) is 4.74 Å². The van der Waals surface area contributed by atoms with E-state index in [0.29, 0.717) is 6.54 Å². The van der Waals surface area contributed by atoms with E-state index in [0.717, 1.165) is 5.69 Å². The minimum absolute atomic E-state index is 0.0322. The molecule has 20 heavy (non-hydrogen) atoms. The molecular formula is C14H22N2O4. The first-order valence-electron chi connectivity index (χ1n) is 6.49. The minimum Gasteiger partial charge on any atom is -0.484 e. The number of hydrogen-bond donors (Lipinski definition) is 1. The summed E-state index contributed by atoms with van der Waals surface area (Å²) in [6.45, 7) is 8.16. The van der Waals surface area contributed by atoms with Crippen molar-refractivity contribution in [2.45, 2.75) is 39.4 Å². The van der Waals surface area contributed by atoms with Crippen molar-refractivity contribution < 1.29 is 14.4 Å². The molecule has 1 aromatic carbocycles. The zero-order valence-electron chi connectivity index (χ0n) is 12.6. The molecule has 0 radical (unpaired) electrons. The molecule has 1 aromatic rings. The van der Waals surface area contributed by atoms with Gasteiger partial charge in [-0.1, -0.05) is 0 Å². The molecule has 0 atom stereocenters. The Bertz CT molecular complexity index is 472. The summed E-state index contributed by atoms with van der Waals surface area (Å²) in [4.78, 5) is 10.5. The summed E-state index contributed by atoms with van der Waals surface area (Å²) in [5.74, 6) is 0.269. The fourth-order valence-corrected chi connectivity index (χ4v) is 1.51. The Labute approximate surface area is 119 Å². The molecule has 0 spiro atoms. The van der Waals surface area contributed by atoms with Crippen molar-refractivity contribution in [3.8, 4) is 5.75 Å². The van der Waals surface area contributed by atoms with Crippen molar-refractivity contribution in [2.24, 2.45) is 0 Å². The number of nitrogens with one attached hydrogen (secondary N) is 1. The van der Waals surface area contributed by atoms with Gasteiger partial charge in [0, 0.05) is 31.5 Å². The third-order valence-electron chi connectivity index (χ3n) is 2.79. The third kappa shape index (κ3) is 4.70. The van der Waals surface area contributed by atoms with Gasteiger partial charge in [0.05, 0.1) is 16.6 Å². The standard InChI is InChI=1S/C14H22N2O4/c1-10(2)20-13-8-11(6-7-12(13)16(17)18)15-9-14(3,4)19-5/h6-8,10,15H,9H2,1-5H3. The zero-order chi connectivity index (χ0) is 15.3. The van der Waals surface area contributed by atoms with Gasteiger partial charge >= 0.3 is 5.69 Å². The number of benzene rings is 1. The third-order valence-corrected chi connectivity index (χ3v) is 2.79. The summed E-state index contributed by atoms with van der Waals surface area (Å²) < 4.78 is 10.8. The summed E-state index contributed by atoms with van der Waals surface area (Å²) in [5, 5.41) is 14.2. The second-order valence-corrected chi connectivity index (χ2v) is 5.42. The highest BCUT2D eigenvalue weighted by Crippen LogP contribution is 2.31. The smallest absolute Gasteiger partial charge is 0.311 e. The molecule has 0 saturated carbocycles. The lowest BCUT2D eigenvalue weighted by atomic mass is 10.1. The molecule has 0 unspecified atom stereocenters. The molecule has 0 aliphatic carbocycles. The molecule has 1 N–H and O–H groups in total. The molecule has 6 heteroatoms. The molecule has 112 valence electrons. The van der Waals surface area contributed by atoms with Gasteiger partial charge in [0.1, 0.15) is 0 Å². The van der Waals surface area contributed by atoms with Crippen LogP contribution >= 0.6 is 0 Å². The quantitative estimate of drug-likeness (QED) is 0.614. The predicted octanol–water partition coefficient (Wildman–Crippen LogP) is 3.22. The fraction of sp³-hybridized carbons (Fsp3) is 0.571. The molecule has 0 heterocycles. The lowest BCUT2D eigenvalue weighted by molar-refractivity contribution is -0.386. The van der Waals surface area contributed by atoms with Gasteiger partial charge in [0.25, 0.3) is 0 Å². The van der Waals surface area contributed by atoms with Crippen LogP contribution < -0.4 is 10.1 Å². The van der Waals surface area contributed by atoms with Gasteiger partial charge in [0.15, 0.2) is 5.75 Å². The van der Waals surface area contributed by atoms with Crippen LogP contribution in [0.1, 0.15) is 27.7 Å². The van der Waals surface area contributed by atoms with E-state index in [9.17, 15) is 10.1 Å². The van der Waals surface area contributed by atoms with Crippen LogP contribution in [0.25, 0.3) is 0 Å². The van der Waals surface area contributed by atoms with Crippen molar-refractivity contribution in [3.05, 3.63) is 28.3 Å². The first-order chi connectivity index (χ1) is 9.25. The van der Waals surface area contributed by atoms with Crippen molar-refractivity contribution in [2.75, 3.05) is 19.0 Å². The second-order valence-electron chi connectivity index (χ2n) is 5.42. The number of nitro benzene ring substituents is 1. The molecule has 0 aliphatic heterocycles. The van der Waals surface area contributed by atoms with Gasteiger partial charge in [-0.3, -0.25) is 10.1 Å². The maximum Gasteiger partial charge on any atom is 0.311 e. The molecule has 6 nitrogen and oxygen atoms in total. The van der Waals surface area contributed by atoms with E-state index in [1.807, 2.05) is 27.7 Å². The monoisotopic (exact) mass is 282 g/mol. The van der Waals surface area contributed by atoms with E-state index in [1.165, 1.54) is 6.07 Å². The highest BCUT2D eigenvalue weighted by molar-refractivity contribution is 5.58. The van der Waals surface area contributed by atoms with Crippen molar-refractivity contribution >= 4 is 11.4 Å². The normalized spacial score (nSPS) is 11.5. The number of nitro groups is 1. The maximum absolute atomic E-state index is 11.0. The van der Waals surface area contributed by atoms with Gasteiger partial charge in [-0.2, -0.15) is 0 Å². The number of anilines is 1. The number of nitrogens with zero attached hydrogens (tertiary/aromatic N) is 1. The lowest BCUT2D eigenvalue weighted by Crippen LogP contribution is -2.32. The van der Waals surface area contributed by atoms with Crippen LogP contribution in [0.2, 0.25) is 0 Å². The average Bonchev–Trinajstić information content (AvgIpc) is 2.35. The number of ether oxygens (including phenoxy) is 2. The van der Waals surface area contributed by atoms with Gasteiger partial charge < -0.3 is 14.8 Å². The van der Waals surface area contributed by atoms with Crippen LogP contribution in [0.3, 0.4) is 0 Å². The number of hydrogen-bond acceptors (Lipinski definition) is 5. The largest absolute Gasteiger partial charge is 0.484 e. The van der Waals surface area contributed by atoms with Crippen molar-refractivity contribution in [3.63, 3.8) is 0 Å². The van der Waals surface area contributed by atoms with Crippen LogP contribution in [0.15, 0.2) is 18.2 Å². The Hall–Kier alpha value is -1.82. The van der Waals surface area contributed by atoms with E-state index >= 15 is 0 Å². The topological polar surface area (TPSA) is 73.6 Å². The molecule has 0 amide bonds. The predicted molar refractivity (Wildman–Crippen MR) is 78.4 cm³/mol. The molecular weight excluding hydrogens is 260 g/mol. The van der Waals surface area contributed by atoms with Gasteiger partial charge in [-0.15, -0.1) is 0 Å². The molecule has 0 fully saturated rings. The highest BCUT2D eigenvalue weighted by Gasteiger charge is 2.19. The van der Waals surface area contributed by atoms with Crippen LogP contribution in [0.5, 0.6) is 5.75 Å². The van der Waals surface area contributed by atoms with Crippen LogP contribution in [0.4, 0.5) is 11.4 Å². The van der Waals surface area contributed by atoms with Crippen molar-refractivity contribution in [1.82, 2.24) is 0 Å². The van der Waals surface area contributed by atoms with E-state index in [4.69, 9.17) is 9.47 Å². The van der Waals surface area contributed by atoms with E-state index in [2.05, 4.69) is 5.32 Å². The van der Waals surface area contributed by atoms with E-state index < -0.39 is 4.92 Å². The molecule has 0 aromatic heterocycles. The Balaban J connectivity index is 2.92. The van der Waals surface area contributed by atoms with Gasteiger partial charge in [-0.05, 0) is 33.8 Å². The van der Waals surface area contributed by atoms with Crippen LogP contribution in [-0.4, -0.2) is 30.3 Å². The fourth-order valence-electron chi connectivity index (χ4n) is 1.51. The van der Waals surface area contributed by atoms with E-state index in [-0.39, 0.29) is 23.1 Å². The first kappa shape index (κ1) is 16.2. The zero-order valence-corrected chi connectivity index (χ0v) is 12.6. The van der Waals surface area contributed by atoms with E-state index in [1.54, 1.807) is 19.2 Å². The molecule has 1 rings (SSSR count). The lowest BCUT2D eigenvalue weighted by Gasteiger charge is -2.24. The highest BCUT2D eigenvalue weighted by atomic mass is 16.6. The molecule has 0 bridgehead atoms. The summed E-state index contributed by atoms with van der Waals surface area (Å²) in [5.41, 5.74) is 0.410. The number of rotatable bonds is 7. The van der Waals surface area contributed by atoms with Crippen molar-refractivity contribution in [1.29, 1.82) is 0 Å². The Morgan fingerprint density at radius 3 is 2.55 bits per heavy atom. The first-order valence-corrected chi connectivity index (χ1v) is 6.49. The summed E-state index contributed by atoms with van der Waals surface area (Å²) in [6, 6.07) is 4.75. The molecule has 0 aliphatic rings. The summed E-state index contributed by atoms with van der Waals surface area (Å²) in [7, 11) is 1.64.